The molecule has 0 radical (unpaired) electrons. The Kier molecular flexibility index (Phi) is 5.44. The first-order valence-electron chi connectivity index (χ1n) is 10.6. The maximum atomic E-state index is 10.9. The summed E-state index contributed by atoms with van der Waals surface area (Å²) >= 11 is 0. The van der Waals surface area contributed by atoms with Crippen molar-refractivity contribution in [2.75, 3.05) is 37.6 Å². The molecule has 4 nitrogen and oxygen atoms in total. The van der Waals surface area contributed by atoms with Gasteiger partial charge < -0.3 is 14.6 Å². The van der Waals surface area contributed by atoms with Crippen molar-refractivity contribution in [3.63, 3.8) is 0 Å². The molecule has 0 atom stereocenters. The Morgan fingerprint density at radius 3 is 2.52 bits per heavy atom. The lowest BCUT2D eigenvalue weighted by Crippen LogP contribution is -2.46. The van der Waals surface area contributed by atoms with Gasteiger partial charge in [0.15, 0.2) is 5.88 Å². The molecule has 0 unspecified atom stereocenters. The fourth-order valence-corrected chi connectivity index (χ4v) is 4.54. The molecule has 1 aromatic carbocycles. The van der Waals surface area contributed by atoms with Crippen LogP contribution in [-0.4, -0.2) is 47.3 Å². The van der Waals surface area contributed by atoms with E-state index in [1.807, 2.05) is 0 Å². The molecule has 1 N–H and O–H groups in total. The van der Waals surface area contributed by atoms with Crippen molar-refractivity contribution in [3.05, 3.63) is 36.0 Å². The molecule has 1 saturated carbocycles. The van der Waals surface area contributed by atoms with Crippen LogP contribution in [0.15, 0.2) is 36.0 Å². The van der Waals surface area contributed by atoms with Crippen LogP contribution in [0.2, 0.25) is 0 Å². The number of anilines is 1. The fraction of sp³-hybridized carbons (Fsp3) is 0.565. The van der Waals surface area contributed by atoms with Gasteiger partial charge in [-0.25, -0.2) is 0 Å². The predicted molar refractivity (Wildman–Crippen MR) is 114 cm³/mol. The maximum Gasteiger partial charge on any atom is 0.199 e. The third-order valence-corrected chi connectivity index (χ3v) is 6.26. The first-order chi connectivity index (χ1) is 13.1. The van der Waals surface area contributed by atoms with Crippen LogP contribution in [-0.2, 0) is 0 Å². The minimum Gasteiger partial charge on any atom is -0.494 e. The van der Waals surface area contributed by atoms with Gasteiger partial charge in [-0.1, -0.05) is 37.0 Å². The molecular weight excluding hydrogens is 334 g/mol. The lowest BCUT2D eigenvalue weighted by Gasteiger charge is -2.35. The number of hydrogen-bond donors (Lipinski definition) is 1. The van der Waals surface area contributed by atoms with Crippen LogP contribution in [0.1, 0.15) is 52.0 Å². The highest BCUT2D eigenvalue weighted by atomic mass is 16.3. The van der Waals surface area contributed by atoms with Crippen LogP contribution in [0, 0.1) is 0 Å². The molecule has 2 heterocycles. The average Bonchev–Trinajstić information content (AvgIpc) is 3.03. The summed E-state index contributed by atoms with van der Waals surface area (Å²) in [5.74, 6) is 0.459. The minimum absolute atomic E-state index is 0.459. The second-order valence-electron chi connectivity index (χ2n) is 8.49. The Bertz CT molecular complexity index is 804. The Morgan fingerprint density at radius 1 is 1.07 bits per heavy atom. The Hall–Kier alpha value is -1.94. The highest BCUT2D eigenvalue weighted by Gasteiger charge is 2.21. The number of rotatable bonds is 4. The van der Waals surface area contributed by atoms with Crippen molar-refractivity contribution in [2.24, 2.45) is 0 Å². The number of benzene rings is 1. The minimum atomic E-state index is 0.459. The largest absolute Gasteiger partial charge is 0.494 e. The normalized spacial score (nSPS) is 19.6. The summed E-state index contributed by atoms with van der Waals surface area (Å²) in [5.41, 5.74) is 2.63. The van der Waals surface area contributed by atoms with E-state index in [0.717, 1.165) is 43.5 Å². The Morgan fingerprint density at radius 2 is 1.81 bits per heavy atom. The van der Waals surface area contributed by atoms with E-state index >= 15 is 0 Å². The molecule has 0 spiro atoms. The average molecular weight is 368 g/mol. The third-order valence-electron chi connectivity index (χ3n) is 6.26. The summed E-state index contributed by atoms with van der Waals surface area (Å²) < 4.78 is 2.13. The van der Waals surface area contributed by atoms with Gasteiger partial charge in [0.05, 0.1) is 0 Å². The number of hydrogen-bond acceptors (Lipinski definition) is 3. The molecule has 27 heavy (non-hydrogen) atoms. The van der Waals surface area contributed by atoms with Crippen LogP contribution in [0.5, 0.6) is 5.88 Å². The quantitative estimate of drug-likeness (QED) is 0.777. The maximum absolute atomic E-state index is 10.9. The van der Waals surface area contributed by atoms with Gasteiger partial charge in [-0.15, -0.1) is 0 Å². The molecule has 146 valence electrons. The number of aromatic nitrogens is 1. The highest BCUT2D eigenvalue weighted by molar-refractivity contribution is 5.91. The topological polar surface area (TPSA) is 31.6 Å². The van der Waals surface area contributed by atoms with Crippen molar-refractivity contribution in [2.45, 2.75) is 52.0 Å². The Labute approximate surface area is 163 Å². The predicted octanol–water partition coefficient (Wildman–Crippen LogP) is 4.94. The first-order valence-corrected chi connectivity index (χ1v) is 10.6. The van der Waals surface area contributed by atoms with Crippen molar-refractivity contribution >= 4 is 16.5 Å². The van der Waals surface area contributed by atoms with E-state index in [4.69, 9.17) is 0 Å². The van der Waals surface area contributed by atoms with Gasteiger partial charge >= 0.3 is 0 Å². The number of fused-ring (bicyclic) bond motifs is 1. The molecule has 1 aliphatic heterocycles. The number of nitrogens with zero attached hydrogens (tertiary/aromatic N) is 3. The highest BCUT2D eigenvalue weighted by Crippen LogP contribution is 2.37. The summed E-state index contributed by atoms with van der Waals surface area (Å²) in [5, 5.41) is 13.0. The van der Waals surface area contributed by atoms with Crippen molar-refractivity contribution in [1.82, 2.24) is 9.47 Å². The van der Waals surface area contributed by atoms with E-state index in [-0.39, 0.29) is 0 Å². The van der Waals surface area contributed by atoms with Crippen LogP contribution >= 0.6 is 0 Å². The van der Waals surface area contributed by atoms with Gasteiger partial charge in [-0.2, -0.15) is 0 Å². The van der Waals surface area contributed by atoms with Crippen molar-refractivity contribution < 1.29 is 5.11 Å². The van der Waals surface area contributed by atoms with E-state index in [1.54, 1.807) is 0 Å². The molecule has 2 fully saturated rings. The molecular formula is C23H33N3O. The molecule has 2 aromatic rings. The standard InChI is InChI=1S/C23H33N3O/c1-18(2)10-11-24-12-14-25(15-13-24)21-9-8-19-17-26(23(27)22(19)16-21)20-6-4-3-5-7-20/h8-10,16-17,20,27H,3-7,11-15H2,1-2H3. The monoisotopic (exact) mass is 367 g/mol. The third kappa shape index (κ3) is 4.01. The summed E-state index contributed by atoms with van der Waals surface area (Å²) in [6.07, 6.45) is 10.7. The van der Waals surface area contributed by atoms with E-state index in [9.17, 15) is 5.11 Å². The summed E-state index contributed by atoms with van der Waals surface area (Å²) in [7, 11) is 0. The van der Waals surface area contributed by atoms with E-state index in [2.05, 4.69) is 58.7 Å². The molecule has 0 bridgehead atoms. The van der Waals surface area contributed by atoms with Gasteiger partial charge in [-0.05, 0) is 38.8 Å². The SMILES string of the molecule is CC(C)=CCN1CCN(c2ccc3cn(C4CCCCC4)c(O)c3c2)CC1. The second-order valence-corrected chi connectivity index (χ2v) is 8.49. The van der Waals surface area contributed by atoms with Crippen LogP contribution in [0.25, 0.3) is 10.8 Å². The van der Waals surface area contributed by atoms with E-state index in [0.29, 0.717) is 11.9 Å². The molecule has 1 aromatic heterocycles. The fourth-order valence-electron chi connectivity index (χ4n) is 4.54. The molecule has 1 saturated heterocycles. The van der Waals surface area contributed by atoms with Crippen molar-refractivity contribution in [3.8, 4) is 5.88 Å². The van der Waals surface area contributed by atoms with Crippen LogP contribution in [0.4, 0.5) is 5.69 Å². The van der Waals surface area contributed by atoms with Crippen molar-refractivity contribution in [1.29, 1.82) is 0 Å². The summed E-state index contributed by atoms with van der Waals surface area (Å²) in [6, 6.07) is 7.06. The molecule has 1 aliphatic carbocycles. The molecule has 0 amide bonds. The smallest absolute Gasteiger partial charge is 0.199 e. The van der Waals surface area contributed by atoms with Crippen LogP contribution in [0.3, 0.4) is 0 Å². The first kappa shape index (κ1) is 18.4. The lowest BCUT2D eigenvalue weighted by molar-refractivity contribution is 0.283. The number of aromatic hydroxyl groups is 1. The van der Waals surface area contributed by atoms with Crippen LogP contribution < -0.4 is 4.90 Å². The van der Waals surface area contributed by atoms with Gasteiger partial charge in [0.1, 0.15) is 0 Å². The van der Waals surface area contributed by atoms with Gasteiger partial charge in [0.25, 0.3) is 0 Å². The second kappa shape index (κ2) is 7.97. The van der Waals surface area contributed by atoms with E-state index < -0.39 is 0 Å². The summed E-state index contributed by atoms with van der Waals surface area (Å²) in [4.78, 5) is 4.97. The molecule has 4 rings (SSSR count). The molecule has 4 heteroatoms. The Balaban J connectivity index is 1.49. The zero-order chi connectivity index (χ0) is 18.8. The van der Waals surface area contributed by atoms with E-state index in [1.165, 1.54) is 43.4 Å². The zero-order valence-corrected chi connectivity index (χ0v) is 16.8. The lowest BCUT2D eigenvalue weighted by atomic mass is 9.95. The van der Waals surface area contributed by atoms with Gasteiger partial charge in [0.2, 0.25) is 0 Å². The number of allylic oxidation sites excluding steroid dienone is 1. The summed E-state index contributed by atoms with van der Waals surface area (Å²) in [6.45, 7) is 9.67. The zero-order valence-electron chi connectivity index (χ0n) is 16.8. The van der Waals surface area contributed by atoms with Gasteiger partial charge in [-0.3, -0.25) is 4.90 Å². The number of piperazine rings is 1. The van der Waals surface area contributed by atoms with Gasteiger partial charge in [0, 0.05) is 61.4 Å². The molecule has 2 aliphatic rings.